The molecule has 0 spiro atoms. The van der Waals surface area contributed by atoms with Gasteiger partial charge in [0.25, 0.3) is 6.71 Å². The van der Waals surface area contributed by atoms with Crippen LogP contribution in [0.5, 0.6) is 0 Å². The van der Waals surface area contributed by atoms with Crippen LogP contribution in [-0.4, -0.2) is 6.71 Å². The minimum absolute atomic E-state index is 0.0298. The molecule has 3 aliphatic rings. The van der Waals surface area contributed by atoms with E-state index in [1.165, 1.54) is 27.7 Å². The highest BCUT2D eigenvalue weighted by Crippen LogP contribution is 2.52. The van der Waals surface area contributed by atoms with Crippen LogP contribution in [0.2, 0.25) is 5.02 Å². The summed E-state index contributed by atoms with van der Waals surface area (Å²) in [5.41, 5.74) is 18.0. The minimum atomic E-state index is -2.38. The number of hydrogen-bond donors (Lipinski definition) is 0. The van der Waals surface area contributed by atoms with E-state index in [1.807, 2.05) is 18.2 Å². The van der Waals surface area contributed by atoms with Gasteiger partial charge in [-0.15, -0.1) is 0 Å². The van der Waals surface area contributed by atoms with Crippen LogP contribution in [-0.2, 0) is 21.7 Å². The fourth-order valence-corrected chi connectivity index (χ4v) is 10.1. The molecule has 2 nitrogen and oxygen atoms in total. The number of benzene rings is 6. The van der Waals surface area contributed by atoms with Crippen LogP contribution in [0.1, 0.15) is 120 Å². The molecule has 2 aliphatic heterocycles. The van der Waals surface area contributed by atoms with Gasteiger partial charge in [0.2, 0.25) is 0 Å². The molecule has 6 aromatic rings. The van der Waals surface area contributed by atoms with Crippen molar-refractivity contribution in [3.05, 3.63) is 148 Å². The number of rotatable bonds is 3. The first kappa shape index (κ1) is 35.2. The van der Waals surface area contributed by atoms with Crippen molar-refractivity contribution < 1.29 is 4.11 Å². The van der Waals surface area contributed by atoms with Gasteiger partial charge in [-0.05, 0) is 152 Å². The van der Waals surface area contributed by atoms with Gasteiger partial charge < -0.3 is 9.80 Å². The smallest absolute Gasteiger partial charge is 0.252 e. The van der Waals surface area contributed by atoms with Crippen LogP contribution >= 0.6 is 11.6 Å². The Morgan fingerprint density at radius 2 is 1.16 bits per heavy atom. The zero-order valence-electron chi connectivity index (χ0n) is 39.2. The normalized spacial score (nSPS) is 17.4. The predicted molar refractivity (Wildman–Crippen MR) is 253 cm³/mol. The molecule has 0 atom stereocenters. The average molecular weight is 784 g/mol. The van der Waals surface area contributed by atoms with Crippen molar-refractivity contribution in [2.75, 3.05) is 9.80 Å². The van der Waals surface area contributed by atoms with Gasteiger partial charge in [0.05, 0.1) is 5.69 Å². The molecule has 0 bridgehead atoms. The second kappa shape index (κ2) is 13.1. The topological polar surface area (TPSA) is 6.48 Å². The monoisotopic (exact) mass is 783 g/mol. The van der Waals surface area contributed by atoms with Crippen molar-refractivity contribution in [2.45, 2.75) is 118 Å². The number of hydrogen-bond acceptors (Lipinski definition) is 2. The molecule has 0 aromatic heterocycles. The molecule has 2 heterocycles. The zero-order chi connectivity index (χ0) is 43.8. The highest BCUT2D eigenvalue weighted by atomic mass is 35.5. The first-order chi connectivity index (χ1) is 28.5. The van der Waals surface area contributed by atoms with Crippen molar-refractivity contribution in [3.63, 3.8) is 0 Å². The highest BCUT2D eigenvalue weighted by Gasteiger charge is 2.47. The van der Waals surface area contributed by atoms with Gasteiger partial charge in [-0.2, -0.15) is 0 Å². The lowest BCUT2D eigenvalue weighted by Gasteiger charge is -2.48. The standard InChI is InChI=1S/C54H58BClN2/c1-33-26-48-50-49(27-33)58(45-23-19-37(52(6,7)8)29-39(45)35-16-14-13-15-17-35)47-32-41-40(53(9,10)24-25-54(41,11)12)31-43(47)55(50)42-21-20-38(56)30-46(42)57(48)44-22-18-36(28-34(44)2)51(3,4)5/h13-23,26-32H,24-25H2,1-12H3/i1D3. The van der Waals surface area contributed by atoms with E-state index in [4.69, 9.17) is 15.7 Å². The van der Waals surface area contributed by atoms with E-state index >= 15 is 0 Å². The van der Waals surface area contributed by atoms with E-state index in [9.17, 15) is 0 Å². The Labute approximate surface area is 357 Å². The zero-order valence-corrected chi connectivity index (χ0v) is 36.9. The van der Waals surface area contributed by atoms with Crippen LogP contribution in [0.3, 0.4) is 0 Å². The van der Waals surface area contributed by atoms with E-state index in [0.29, 0.717) is 10.6 Å². The molecule has 0 radical (unpaired) electrons. The van der Waals surface area contributed by atoms with Gasteiger partial charge >= 0.3 is 0 Å². The van der Waals surface area contributed by atoms with Crippen LogP contribution < -0.4 is 26.2 Å². The van der Waals surface area contributed by atoms with Gasteiger partial charge in [0, 0.05) is 43.1 Å². The maximum absolute atomic E-state index is 9.00. The third-order valence-corrected chi connectivity index (χ3v) is 13.7. The first-order valence-electron chi connectivity index (χ1n) is 22.5. The van der Waals surface area contributed by atoms with E-state index < -0.39 is 6.85 Å². The first-order valence-corrected chi connectivity index (χ1v) is 21.4. The Hall–Kier alpha value is -4.73. The largest absolute Gasteiger partial charge is 0.311 e. The number of nitrogens with zero attached hydrogens (tertiary/aromatic N) is 2. The molecule has 1 aliphatic carbocycles. The Bertz CT molecular complexity index is 2750. The van der Waals surface area contributed by atoms with Crippen LogP contribution in [0, 0.1) is 13.8 Å². The van der Waals surface area contributed by atoms with Crippen molar-refractivity contribution in [3.8, 4) is 11.1 Å². The number of halogens is 1. The van der Waals surface area contributed by atoms with E-state index in [-0.39, 0.29) is 28.4 Å². The molecule has 0 unspecified atom stereocenters. The summed E-state index contributed by atoms with van der Waals surface area (Å²) in [6.45, 7) is 22.7. The fraction of sp³-hybridized carbons (Fsp3) is 0.333. The second-order valence-electron chi connectivity index (χ2n) is 20.6. The number of fused-ring (bicyclic) bond motifs is 5. The molecule has 0 amide bonds. The minimum Gasteiger partial charge on any atom is -0.311 e. The molecular formula is C54H58BClN2. The third kappa shape index (κ3) is 6.14. The average Bonchev–Trinajstić information content (AvgIpc) is 3.18. The van der Waals surface area contributed by atoms with Crippen molar-refractivity contribution in [2.24, 2.45) is 0 Å². The van der Waals surface area contributed by atoms with Crippen molar-refractivity contribution in [1.29, 1.82) is 0 Å². The fourth-order valence-electron chi connectivity index (χ4n) is 9.96. The van der Waals surface area contributed by atoms with Gasteiger partial charge in [0.1, 0.15) is 0 Å². The SMILES string of the molecule is [2H]C([2H])([2H])c1cc2c3c(c1)N(c1ccc(C(C)(C)C)cc1-c1ccccc1)c1cc4c(cc1B3c1ccc(Cl)cc1N2c1ccc(C(C)(C)C)cc1C)C(C)(C)CCC4(C)C. The summed E-state index contributed by atoms with van der Waals surface area (Å²) in [7, 11) is 0. The van der Waals surface area contributed by atoms with Crippen LogP contribution in [0.25, 0.3) is 11.1 Å². The lowest BCUT2D eigenvalue weighted by atomic mass is 9.33. The predicted octanol–water partition coefficient (Wildman–Crippen LogP) is 13.7. The molecule has 0 saturated carbocycles. The summed E-state index contributed by atoms with van der Waals surface area (Å²) in [6, 6.07) is 39.5. The maximum Gasteiger partial charge on any atom is 0.252 e. The molecule has 294 valence electrons. The molecular weight excluding hydrogens is 723 g/mol. The summed E-state index contributed by atoms with van der Waals surface area (Å²) < 4.78 is 27.0. The molecule has 58 heavy (non-hydrogen) atoms. The quantitative estimate of drug-likeness (QED) is 0.165. The van der Waals surface area contributed by atoms with Gasteiger partial charge in [-0.25, -0.2) is 0 Å². The lowest BCUT2D eigenvalue weighted by molar-refractivity contribution is 0.332. The number of anilines is 6. The molecule has 0 fully saturated rings. The van der Waals surface area contributed by atoms with Gasteiger partial charge in [-0.3, -0.25) is 0 Å². The van der Waals surface area contributed by atoms with E-state index in [0.717, 1.165) is 74.6 Å². The van der Waals surface area contributed by atoms with Gasteiger partial charge in [0.15, 0.2) is 0 Å². The molecule has 0 saturated heterocycles. The summed E-state index contributed by atoms with van der Waals surface area (Å²) in [5, 5.41) is 0.640. The summed E-state index contributed by atoms with van der Waals surface area (Å²) in [5.74, 6) is 0. The Morgan fingerprint density at radius 3 is 1.76 bits per heavy atom. The van der Waals surface area contributed by atoms with Crippen LogP contribution in [0.4, 0.5) is 34.1 Å². The Kier molecular flexibility index (Phi) is 7.98. The molecule has 6 aromatic carbocycles. The van der Waals surface area contributed by atoms with Gasteiger partial charge in [-0.1, -0.05) is 142 Å². The lowest BCUT2D eigenvalue weighted by Crippen LogP contribution is -2.62. The van der Waals surface area contributed by atoms with Crippen LogP contribution in [0.15, 0.2) is 109 Å². The number of aryl methyl sites for hydroxylation is 2. The highest BCUT2D eigenvalue weighted by molar-refractivity contribution is 7.00. The third-order valence-electron chi connectivity index (χ3n) is 13.5. The summed E-state index contributed by atoms with van der Waals surface area (Å²) in [4.78, 5) is 4.71. The summed E-state index contributed by atoms with van der Waals surface area (Å²) >= 11 is 6.98. The van der Waals surface area contributed by atoms with Crippen molar-refractivity contribution >= 4 is 68.8 Å². The van der Waals surface area contributed by atoms with E-state index in [1.54, 1.807) is 0 Å². The Balaban J connectivity index is 1.45. The van der Waals surface area contributed by atoms with Crippen molar-refractivity contribution in [1.82, 2.24) is 0 Å². The second-order valence-corrected chi connectivity index (χ2v) is 21.0. The molecule has 9 rings (SSSR count). The molecule has 0 N–H and O–H groups in total. The Morgan fingerprint density at radius 1 is 0.586 bits per heavy atom. The van der Waals surface area contributed by atoms with E-state index in [2.05, 4.69) is 177 Å². The summed E-state index contributed by atoms with van der Waals surface area (Å²) in [6.07, 6.45) is 2.18. The maximum atomic E-state index is 9.00. The molecule has 4 heteroatoms.